The molecule has 0 bridgehead atoms. The zero-order valence-corrected chi connectivity index (χ0v) is 30.6. The van der Waals surface area contributed by atoms with Gasteiger partial charge in [-0.3, -0.25) is 14.6 Å². The number of nitrogens with zero attached hydrogens (tertiary/aromatic N) is 5. The average Bonchev–Trinajstić information content (AvgIpc) is 3.35. The van der Waals surface area contributed by atoms with E-state index in [-0.39, 0.29) is 25.2 Å². The van der Waals surface area contributed by atoms with Crippen LogP contribution in [-0.2, 0) is 29.0 Å². The lowest BCUT2D eigenvalue weighted by atomic mass is 9.76. The minimum Gasteiger partial charge on any atom is -0.343 e. The van der Waals surface area contributed by atoms with Gasteiger partial charge in [0.1, 0.15) is 6.54 Å². The quantitative estimate of drug-likeness (QED) is 0.243. The van der Waals surface area contributed by atoms with E-state index in [1.807, 2.05) is 41.8 Å². The number of hydrogen-bond acceptors (Lipinski definition) is 4. The molecule has 2 aromatic heterocycles. The van der Waals surface area contributed by atoms with Crippen LogP contribution in [0.1, 0.15) is 80.5 Å². The van der Waals surface area contributed by atoms with Crippen molar-refractivity contribution in [1.82, 2.24) is 24.3 Å². The molecule has 0 unspecified atom stereocenters. The summed E-state index contributed by atoms with van der Waals surface area (Å²) >= 11 is 18.9. The van der Waals surface area contributed by atoms with E-state index in [2.05, 4.69) is 53.9 Å². The highest BCUT2D eigenvalue weighted by Crippen LogP contribution is 2.46. The lowest BCUT2D eigenvalue weighted by Gasteiger charge is -2.38. The first-order chi connectivity index (χ1) is 21.7. The third-order valence-electron chi connectivity index (χ3n) is 9.29. The topological polar surface area (TPSA) is 71.3 Å². The molecule has 0 saturated carbocycles. The predicted octanol–water partition coefficient (Wildman–Crippen LogP) is 8.44. The fourth-order valence-corrected chi connectivity index (χ4v) is 8.59. The summed E-state index contributed by atoms with van der Waals surface area (Å²) in [6.07, 6.45) is 11.6. The zero-order chi connectivity index (χ0) is 32.1. The molecule has 4 heterocycles. The number of carbonyl (C=O) groups excluding carboxylic acids is 2. The van der Waals surface area contributed by atoms with Gasteiger partial charge in [0, 0.05) is 70.8 Å². The maximum Gasteiger partial charge on any atom is 0.242 e. The Morgan fingerprint density at radius 1 is 0.935 bits per heavy atom. The first-order valence-corrected chi connectivity index (χ1v) is 18.4. The molecule has 1 aromatic carbocycles. The van der Waals surface area contributed by atoms with Crippen LogP contribution in [0.2, 0.25) is 5.02 Å². The maximum absolute atomic E-state index is 13.4. The summed E-state index contributed by atoms with van der Waals surface area (Å²) in [6.45, 7) is 7.12. The van der Waals surface area contributed by atoms with E-state index in [9.17, 15) is 9.59 Å². The number of aromatic nitrogens is 3. The number of hydrogen-bond donors (Lipinski definition) is 0. The Bertz CT molecular complexity index is 1500. The van der Waals surface area contributed by atoms with Crippen LogP contribution in [0.4, 0.5) is 0 Å². The Balaban J connectivity index is 0.00000116. The number of aryl methyl sites for hydroxylation is 3. The summed E-state index contributed by atoms with van der Waals surface area (Å²) in [4.78, 5) is 39.3. The van der Waals surface area contributed by atoms with Crippen LogP contribution >= 0.6 is 55.1 Å². The average molecular weight is 798 g/mol. The number of rotatable bonds is 5. The van der Waals surface area contributed by atoms with Crippen molar-refractivity contribution in [2.24, 2.45) is 11.8 Å². The first kappa shape index (κ1) is 36.9. The van der Waals surface area contributed by atoms with Gasteiger partial charge in [0.05, 0.1) is 17.7 Å². The van der Waals surface area contributed by atoms with E-state index >= 15 is 0 Å². The van der Waals surface area contributed by atoms with Crippen molar-refractivity contribution in [1.29, 1.82) is 0 Å². The van der Waals surface area contributed by atoms with Gasteiger partial charge >= 0.3 is 0 Å². The van der Waals surface area contributed by atoms with Crippen LogP contribution in [0.3, 0.4) is 0 Å². The van der Waals surface area contributed by atoms with Gasteiger partial charge in [-0.25, -0.2) is 4.98 Å². The van der Waals surface area contributed by atoms with Crippen molar-refractivity contribution in [2.45, 2.75) is 78.7 Å². The fourth-order valence-electron chi connectivity index (χ4n) is 7.09. The van der Waals surface area contributed by atoms with Gasteiger partial charge < -0.3 is 14.4 Å². The summed E-state index contributed by atoms with van der Waals surface area (Å²) in [5.74, 6) is 1.99. The molecule has 7 nitrogen and oxygen atoms in total. The van der Waals surface area contributed by atoms with Crippen LogP contribution < -0.4 is 0 Å². The van der Waals surface area contributed by atoms with Crippen molar-refractivity contribution in [3.05, 3.63) is 79.0 Å². The lowest BCUT2D eigenvalue weighted by molar-refractivity contribution is -0.135. The zero-order valence-electron chi connectivity index (χ0n) is 26.0. The molecule has 2 aliphatic heterocycles. The summed E-state index contributed by atoms with van der Waals surface area (Å²) < 4.78 is 3.90. The second kappa shape index (κ2) is 16.9. The van der Waals surface area contributed by atoms with E-state index < -0.39 is 0 Å². The number of likely N-dealkylation sites (tertiary alicyclic amines) is 2. The molecule has 3 aliphatic rings. The molecule has 46 heavy (non-hydrogen) atoms. The summed E-state index contributed by atoms with van der Waals surface area (Å²) in [5, 5.41) is 0.753. The summed E-state index contributed by atoms with van der Waals surface area (Å²) in [6, 6.07) is 6.34. The smallest absolute Gasteiger partial charge is 0.242 e. The number of benzene rings is 1. The van der Waals surface area contributed by atoms with Crippen molar-refractivity contribution < 1.29 is 9.59 Å². The minimum atomic E-state index is 0. The molecule has 2 saturated heterocycles. The molecule has 11 heteroatoms. The molecule has 2 amide bonds. The number of piperidine rings is 2. The van der Waals surface area contributed by atoms with Gasteiger partial charge in [0.2, 0.25) is 11.8 Å². The maximum atomic E-state index is 13.4. The van der Waals surface area contributed by atoms with Gasteiger partial charge in [-0.1, -0.05) is 41.9 Å². The number of alkyl halides is 1. The third-order valence-corrected chi connectivity index (χ3v) is 10.6. The van der Waals surface area contributed by atoms with Crippen LogP contribution in [0, 0.1) is 18.8 Å². The Morgan fingerprint density at radius 2 is 1.57 bits per heavy atom. The predicted molar refractivity (Wildman–Crippen MR) is 194 cm³/mol. The molecule has 3 aromatic rings. The second-order valence-corrected chi connectivity index (χ2v) is 15.1. The number of fused-ring (bicyclic) bond motifs is 2. The highest BCUT2D eigenvalue weighted by Gasteiger charge is 2.37. The van der Waals surface area contributed by atoms with Crippen molar-refractivity contribution >= 4 is 66.9 Å². The summed E-state index contributed by atoms with van der Waals surface area (Å²) in [7, 11) is 0. The van der Waals surface area contributed by atoms with Crippen molar-refractivity contribution in [3.63, 3.8) is 0 Å². The molecule has 0 spiro atoms. The van der Waals surface area contributed by atoms with E-state index in [0.717, 1.165) is 95.9 Å². The van der Waals surface area contributed by atoms with Crippen molar-refractivity contribution in [3.8, 4) is 0 Å². The summed E-state index contributed by atoms with van der Waals surface area (Å²) in [5.41, 5.74) is 5.96. The molecular weight excluding hydrogens is 753 g/mol. The lowest BCUT2D eigenvalue weighted by Crippen LogP contribution is -2.43. The van der Waals surface area contributed by atoms with Gasteiger partial charge in [0.25, 0.3) is 0 Å². The third kappa shape index (κ3) is 8.94. The largest absolute Gasteiger partial charge is 0.343 e. The second-order valence-electron chi connectivity index (χ2n) is 12.3. The monoisotopic (exact) mass is 795 g/mol. The number of imidazole rings is 1. The van der Waals surface area contributed by atoms with E-state index in [0.29, 0.717) is 24.8 Å². The highest BCUT2D eigenvalue weighted by atomic mass is 79.9. The molecule has 250 valence electrons. The molecule has 1 atom stereocenters. The van der Waals surface area contributed by atoms with Crippen LogP contribution in [0.25, 0.3) is 0 Å². The Hall–Kier alpha value is -1.94. The normalized spacial score (nSPS) is 18.4. The number of halogens is 4. The molecule has 6 rings (SSSR count). The van der Waals surface area contributed by atoms with Gasteiger partial charge in [-0.2, -0.15) is 0 Å². The Labute approximate surface area is 300 Å². The number of carbonyl (C=O) groups is 2. The number of pyridine rings is 1. The Kier molecular flexibility index (Phi) is 13.6. The SMILES string of the molecule is C.CCCl.Cc1cn(CC(=O)N2CCC(CC(=O)N3CCC([C@H]4c5ncc(Br)cc5CCc5cc(Cl)cc(Br)c54)CC3)CC2)cn1. The van der Waals surface area contributed by atoms with Crippen LogP contribution in [-0.4, -0.2) is 68.2 Å². The molecule has 1 aliphatic carbocycles. The van der Waals surface area contributed by atoms with Crippen LogP contribution in [0.15, 0.2) is 45.9 Å². The van der Waals surface area contributed by atoms with E-state index in [1.54, 1.807) is 6.33 Å². The molecule has 0 radical (unpaired) electrons. The highest BCUT2D eigenvalue weighted by molar-refractivity contribution is 9.10. The number of amides is 2. The van der Waals surface area contributed by atoms with Gasteiger partial charge in [-0.15, -0.1) is 11.6 Å². The van der Waals surface area contributed by atoms with Gasteiger partial charge in [-0.05, 0) is 108 Å². The van der Waals surface area contributed by atoms with Crippen LogP contribution in [0.5, 0.6) is 0 Å². The molecule has 0 N–H and O–H groups in total. The Morgan fingerprint density at radius 3 is 2.22 bits per heavy atom. The van der Waals surface area contributed by atoms with Crippen molar-refractivity contribution in [2.75, 3.05) is 32.1 Å². The van der Waals surface area contributed by atoms with E-state index in [4.69, 9.17) is 28.2 Å². The molecular formula is C35H45Br2Cl2N5O2. The van der Waals surface area contributed by atoms with E-state index in [1.165, 1.54) is 16.7 Å². The van der Waals surface area contributed by atoms with Gasteiger partial charge in [0.15, 0.2) is 0 Å². The first-order valence-electron chi connectivity index (χ1n) is 15.9. The fraction of sp³-hybridized carbons (Fsp3) is 0.543. The minimum absolute atomic E-state index is 0. The standard InChI is InChI=1S/C32H36Br2ClN5O2.C2H5Cl.CH4/c1-20-17-38(19-37-20)18-29(42)40-8-4-21(5-9-40)12-28(41)39-10-6-22(7-11-39)31-30-23(14-26(35)15-27(30)34)2-3-24-13-25(33)16-36-32(24)31;1-2-3;/h13-17,19,21-22,31H,2-12,18H2,1H3;2H2,1H3;1H4/t31-;;/m1../s1. The molecule has 2 fully saturated rings.